The molecule has 2 saturated carbocycles. The smallest absolute Gasteiger partial charge is 0.259 e. The van der Waals surface area contributed by atoms with Crippen LogP contribution in [0.25, 0.3) is 22.4 Å². The molecular weight excluding hydrogens is 326 g/mol. The molecule has 2 fully saturated rings. The molecular formula is C21H21N3O2. The van der Waals surface area contributed by atoms with Crippen LogP contribution in [0.2, 0.25) is 0 Å². The van der Waals surface area contributed by atoms with E-state index in [1.54, 1.807) is 0 Å². The first-order valence-electron chi connectivity index (χ1n) is 9.32. The Morgan fingerprint density at radius 1 is 1.19 bits per heavy atom. The summed E-state index contributed by atoms with van der Waals surface area (Å²) < 4.78 is 5.55. The molecule has 0 N–H and O–H groups in total. The lowest BCUT2D eigenvalue weighted by Gasteiger charge is -2.17. The van der Waals surface area contributed by atoms with Crippen molar-refractivity contribution in [3.63, 3.8) is 0 Å². The van der Waals surface area contributed by atoms with Crippen LogP contribution in [0, 0.1) is 5.92 Å². The molecule has 0 bridgehead atoms. The van der Waals surface area contributed by atoms with E-state index >= 15 is 0 Å². The number of hydrogen-bond donors (Lipinski definition) is 0. The molecule has 2 aliphatic carbocycles. The Hall–Kier alpha value is -2.69. The van der Waals surface area contributed by atoms with Gasteiger partial charge in [0.1, 0.15) is 5.69 Å². The van der Waals surface area contributed by atoms with Crippen molar-refractivity contribution < 1.29 is 9.32 Å². The number of carbonyl (C=O) groups excluding carboxylic acids is 1. The molecule has 5 nitrogen and oxygen atoms in total. The van der Waals surface area contributed by atoms with Gasteiger partial charge in [-0.25, -0.2) is 4.98 Å². The number of aromatic nitrogens is 2. The second-order valence-electron chi connectivity index (χ2n) is 7.58. The molecule has 1 amide bonds. The van der Waals surface area contributed by atoms with Gasteiger partial charge >= 0.3 is 0 Å². The van der Waals surface area contributed by atoms with Gasteiger partial charge in [0.05, 0.1) is 10.9 Å². The van der Waals surface area contributed by atoms with Gasteiger partial charge in [0, 0.05) is 30.8 Å². The van der Waals surface area contributed by atoms with Crippen molar-refractivity contribution in [2.24, 2.45) is 5.92 Å². The summed E-state index contributed by atoms with van der Waals surface area (Å²) in [6.45, 7) is 0.813. The van der Waals surface area contributed by atoms with Crippen LogP contribution in [0.4, 0.5) is 0 Å². The van der Waals surface area contributed by atoms with Crippen molar-refractivity contribution in [2.75, 3.05) is 13.6 Å². The van der Waals surface area contributed by atoms with Crippen molar-refractivity contribution >= 4 is 17.0 Å². The number of rotatable bonds is 5. The van der Waals surface area contributed by atoms with Gasteiger partial charge in [-0.05, 0) is 37.7 Å². The second-order valence-corrected chi connectivity index (χ2v) is 7.58. The number of fused-ring (bicyclic) bond motifs is 1. The minimum absolute atomic E-state index is 0.0339. The number of pyridine rings is 1. The van der Waals surface area contributed by atoms with E-state index in [-0.39, 0.29) is 5.91 Å². The molecule has 3 aromatic rings. The monoisotopic (exact) mass is 347 g/mol. The normalized spacial score (nSPS) is 16.8. The SMILES string of the molecule is CN(CC1CC1)C(=O)c1cc(C2CC2)nc2onc(-c3ccccc3)c12. The van der Waals surface area contributed by atoms with Crippen molar-refractivity contribution in [3.05, 3.63) is 47.7 Å². The highest BCUT2D eigenvalue weighted by Gasteiger charge is 2.31. The summed E-state index contributed by atoms with van der Waals surface area (Å²) in [4.78, 5) is 19.7. The van der Waals surface area contributed by atoms with Gasteiger partial charge < -0.3 is 9.42 Å². The largest absolute Gasteiger partial charge is 0.341 e. The lowest BCUT2D eigenvalue weighted by molar-refractivity contribution is 0.0790. The van der Waals surface area contributed by atoms with Gasteiger partial charge in [0.2, 0.25) is 0 Å². The predicted molar refractivity (Wildman–Crippen MR) is 98.9 cm³/mol. The maximum Gasteiger partial charge on any atom is 0.259 e. The molecule has 2 aliphatic rings. The third-order valence-corrected chi connectivity index (χ3v) is 5.32. The van der Waals surface area contributed by atoms with Crippen LogP contribution < -0.4 is 0 Å². The van der Waals surface area contributed by atoms with E-state index in [1.165, 1.54) is 12.8 Å². The molecule has 2 aromatic heterocycles. The first-order chi connectivity index (χ1) is 12.7. The number of benzene rings is 1. The minimum Gasteiger partial charge on any atom is -0.341 e. The van der Waals surface area contributed by atoms with Gasteiger partial charge in [-0.1, -0.05) is 35.5 Å². The van der Waals surface area contributed by atoms with Crippen LogP contribution in [0.5, 0.6) is 0 Å². The van der Waals surface area contributed by atoms with E-state index in [4.69, 9.17) is 4.52 Å². The maximum atomic E-state index is 13.2. The standard InChI is InChI=1S/C21H21N3O2/c1-24(12-13-7-8-13)21(25)16-11-17(14-9-10-14)22-20-18(16)19(23-26-20)15-5-3-2-4-6-15/h2-6,11,13-14H,7-10,12H2,1H3. The second kappa shape index (κ2) is 5.94. The van der Waals surface area contributed by atoms with Crippen molar-refractivity contribution in [3.8, 4) is 11.3 Å². The van der Waals surface area contributed by atoms with Crippen LogP contribution >= 0.6 is 0 Å². The van der Waals surface area contributed by atoms with Crippen LogP contribution in [0.15, 0.2) is 40.9 Å². The summed E-state index contributed by atoms with van der Waals surface area (Å²) in [7, 11) is 1.89. The average Bonchev–Trinajstić information content (AvgIpc) is 3.59. The van der Waals surface area contributed by atoms with E-state index in [2.05, 4.69) is 10.1 Å². The predicted octanol–water partition coefficient (Wildman–Crippen LogP) is 4.25. The van der Waals surface area contributed by atoms with Gasteiger partial charge in [0.15, 0.2) is 0 Å². The zero-order valence-electron chi connectivity index (χ0n) is 14.8. The lowest BCUT2D eigenvalue weighted by Crippen LogP contribution is -2.29. The van der Waals surface area contributed by atoms with E-state index in [9.17, 15) is 4.79 Å². The van der Waals surface area contributed by atoms with E-state index in [0.717, 1.165) is 36.0 Å². The third kappa shape index (κ3) is 2.77. The number of amides is 1. The molecule has 0 radical (unpaired) electrons. The Morgan fingerprint density at radius 3 is 2.65 bits per heavy atom. The molecule has 0 aliphatic heterocycles. The molecule has 26 heavy (non-hydrogen) atoms. The molecule has 132 valence electrons. The topological polar surface area (TPSA) is 59.2 Å². The van der Waals surface area contributed by atoms with Crippen LogP contribution in [0.3, 0.4) is 0 Å². The molecule has 0 atom stereocenters. The van der Waals surface area contributed by atoms with Gasteiger partial charge in [0.25, 0.3) is 11.6 Å². The highest BCUT2D eigenvalue weighted by atomic mass is 16.5. The molecule has 5 heteroatoms. The van der Waals surface area contributed by atoms with Gasteiger partial charge in [-0.15, -0.1) is 0 Å². The quantitative estimate of drug-likeness (QED) is 0.692. The summed E-state index contributed by atoms with van der Waals surface area (Å²) >= 11 is 0. The first kappa shape index (κ1) is 15.6. The lowest BCUT2D eigenvalue weighted by atomic mass is 10.0. The Morgan fingerprint density at radius 2 is 1.96 bits per heavy atom. The third-order valence-electron chi connectivity index (χ3n) is 5.32. The molecule has 0 spiro atoms. The maximum absolute atomic E-state index is 13.2. The highest BCUT2D eigenvalue weighted by Crippen LogP contribution is 2.41. The minimum atomic E-state index is 0.0339. The molecule has 2 heterocycles. The first-order valence-corrected chi connectivity index (χ1v) is 9.32. The van der Waals surface area contributed by atoms with Gasteiger partial charge in [-0.3, -0.25) is 4.79 Å². The van der Waals surface area contributed by atoms with Crippen molar-refractivity contribution in [1.29, 1.82) is 0 Å². The van der Waals surface area contributed by atoms with E-state index in [0.29, 0.717) is 28.8 Å². The fourth-order valence-electron chi connectivity index (χ4n) is 3.50. The summed E-state index contributed by atoms with van der Waals surface area (Å²) in [6, 6.07) is 11.8. The fourth-order valence-corrected chi connectivity index (χ4v) is 3.50. The average molecular weight is 347 g/mol. The van der Waals surface area contributed by atoms with Crippen LogP contribution in [-0.4, -0.2) is 34.5 Å². The number of carbonyl (C=O) groups is 1. The molecule has 0 unspecified atom stereocenters. The number of hydrogen-bond acceptors (Lipinski definition) is 4. The highest BCUT2D eigenvalue weighted by molar-refractivity contribution is 6.09. The summed E-state index contributed by atoms with van der Waals surface area (Å²) in [5, 5.41) is 4.98. The van der Waals surface area contributed by atoms with Gasteiger partial charge in [-0.2, -0.15) is 0 Å². The van der Waals surface area contributed by atoms with Crippen molar-refractivity contribution in [1.82, 2.24) is 15.0 Å². The Labute approximate surface area is 152 Å². The van der Waals surface area contributed by atoms with E-state index in [1.807, 2.05) is 48.3 Å². The Kier molecular flexibility index (Phi) is 3.55. The van der Waals surface area contributed by atoms with Crippen LogP contribution in [-0.2, 0) is 0 Å². The number of nitrogens with zero attached hydrogens (tertiary/aromatic N) is 3. The molecule has 0 saturated heterocycles. The van der Waals surface area contributed by atoms with E-state index < -0.39 is 0 Å². The summed E-state index contributed by atoms with van der Waals surface area (Å²) in [5.41, 5.74) is 3.72. The molecule has 5 rings (SSSR count). The summed E-state index contributed by atoms with van der Waals surface area (Å²) in [5.74, 6) is 1.14. The fraction of sp³-hybridized carbons (Fsp3) is 0.381. The zero-order valence-corrected chi connectivity index (χ0v) is 14.8. The molecule has 1 aromatic carbocycles. The summed E-state index contributed by atoms with van der Waals surface area (Å²) in [6.07, 6.45) is 4.70. The van der Waals surface area contributed by atoms with Crippen molar-refractivity contribution in [2.45, 2.75) is 31.6 Å². The van der Waals surface area contributed by atoms with Crippen LogP contribution in [0.1, 0.15) is 47.7 Å². The Balaban J connectivity index is 1.65. The Bertz CT molecular complexity index is 972. The zero-order chi connectivity index (χ0) is 17.7.